The summed E-state index contributed by atoms with van der Waals surface area (Å²) in [4.78, 5) is 38.7. The van der Waals surface area contributed by atoms with Crippen LogP contribution in [0.2, 0.25) is 0 Å². The van der Waals surface area contributed by atoms with Crippen LogP contribution in [0, 0.1) is 13.8 Å². The molecule has 1 aromatic heterocycles. The van der Waals surface area contributed by atoms with E-state index in [9.17, 15) is 14.4 Å². The van der Waals surface area contributed by atoms with E-state index in [1.807, 2.05) is 26.0 Å². The van der Waals surface area contributed by atoms with Crippen molar-refractivity contribution in [2.75, 3.05) is 13.1 Å². The lowest BCUT2D eigenvalue weighted by molar-refractivity contribution is -0.135. The van der Waals surface area contributed by atoms with Crippen molar-refractivity contribution in [1.29, 1.82) is 0 Å². The second kappa shape index (κ2) is 7.59. The molecule has 30 heavy (non-hydrogen) atoms. The van der Waals surface area contributed by atoms with Gasteiger partial charge in [-0.1, -0.05) is 12.1 Å². The second-order valence-electron chi connectivity index (χ2n) is 8.00. The zero-order chi connectivity index (χ0) is 21.5. The Kier molecular flexibility index (Phi) is 5.09. The van der Waals surface area contributed by atoms with Crippen LogP contribution in [-0.4, -0.2) is 51.1 Å². The van der Waals surface area contributed by atoms with Gasteiger partial charge in [0, 0.05) is 44.6 Å². The number of piperidine rings is 1. The molecule has 0 bridgehead atoms. The molecule has 1 aromatic carbocycles. The highest BCUT2D eigenvalue weighted by Gasteiger charge is 2.43. The Morgan fingerprint density at radius 3 is 2.57 bits per heavy atom. The minimum absolute atomic E-state index is 0.0139. The number of amides is 2. The number of likely N-dealkylation sites (tertiary alicyclic amines) is 1. The predicted molar refractivity (Wildman–Crippen MR) is 109 cm³/mol. The van der Waals surface area contributed by atoms with Gasteiger partial charge in [-0.25, -0.2) is 0 Å². The number of aromatic nitrogens is 2. The number of fused-ring (bicyclic) bond motifs is 1. The highest BCUT2D eigenvalue weighted by atomic mass is 16.5. The minimum atomic E-state index is -0.756. The SMILES string of the molecule is CC(=O)c1c(C)nn(CCC(=O)N2CCC3(CC2)NC(=O)c2ccccc2O3)c1C. The fourth-order valence-corrected chi connectivity index (χ4v) is 4.38. The largest absolute Gasteiger partial charge is 0.467 e. The number of ether oxygens (including phenoxy) is 1. The molecule has 0 saturated carbocycles. The summed E-state index contributed by atoms with van der Waals surface area (Å²) < 4.78 is 7.86. The molecule has 8 heteroatoms. The van der Waals surface area contributed by atoms with Crippen LogP contribution in [-0.2, 0) is 11.3 Å². The van der Waals surface area contributed by atoms with E-state index in [1.165, 1.54) is 6.92 Å². The van der Waals surface area contributed by atoms with E-state index in [2.05, 4.69) is 10.4 Å². The first-order valence-corrected chi connectivity index (χ1v) is 10.2. The molecule has 2 aliphatic rings. The van der Waals surface area contributed by atoms with Crippen molar-refractivity contribution in [3.8, 4) is 5.75 Å². The topological polar surface area (TPSA) is 93.5 Å². The lowest BCUT2D eigenvalue weighted by Crippen LogP contribution is -2.61. The predicted octanol–water partition coefficient (Wildman–Crippen LogP) is 2.23. The van der Waals surface area contributed by atoms with Crippen molar-refractivity contribution >= 4 is 17.6 Å². The number of ketones is 1. The number of nitrogens with one attached hydrogen (secondary N) is 1. The van der Waals surface area contributed by atoms with Gasteiger partial charge in [-0.05, 0) is 32.9 Å². The fraction of sp³-hybridized carbons (Fsp3) is 0.455. The first-order valence-electron chi connectivity index (χ1n) is 10.2. The quantitative estimate of drug-likeness (QED) is 0.781. The Balaban J connectivity index is 1.36. The highest BCUT2D eigenvalue weighted by Crippen LogP contribution is 2.33. The maximum Gasteiger partial charge on any atom is 0.258 e. The number of benzene rings is 1. The zero-order valence-electron chi connectivity index (χ0n) is 17.5. The maximum atomic E-state index is 12.7. The lowest BCUT2D eigenvalue weighted by Gasteiger charge is -2.44. The van der Waals surface area contributed by atoms with Crippen LogP contribution in [0.5, 0.6) is 5.75 Å². The third-order valence-corrected chi connectivity index (χ3v) is 5.97. The summed E-state index contributed by atoms with van der Waals surface area (Å²) >= 11 is 0. The van der Waals surface area contributed by atoms with Crippen LogP contribution >= 0.6 is 0 Å². The van der Waals surface area contributed by atoms with Gasteiger partial charge >= 0.3 is 0 Å². The number of para-hydroxylation sites is 1. The van der Waals surface area contributed by atoms with Crippen molar-refractivity contribution in [1.82, 2.24) is 20.0 Å². The zero-order valence-corrected chi connectivity index (χ0v) is 17.5. The molecule has 1 spiro atoms. The monoisotopic (exact) mass is 410 g/mol. The number of hydrogen-bond donors (Lipinski definition) is 1. The van der Waals surface area contributed by atoms with Gasteiger partial charge in [-0.2, -0.15) is 5.10 Å². The number of Topliss-reactive ketones (excluding diaryl/α,β-unsaturated/α-hetero) is 1. The van der Waals surface area contributed by atoms with Crippen molar-refractivity contribution in [3.63, 3.8) is 0 Å². The molecule has 0 radical (unpaired) electrons. The maximum absolute atomic E-state index is 12.7. The van der Waals surface area contributed by atoms with Gasteiger partial charge in [0.15, 0.2) is 11.5 Å². The standard InChI is InChI=1S/C22H26N4O4/c1-14-20(16(3)27)15(2)26(24-14)11-8-19(28)25-12-9-22(10-13-25)23-21(29)17-6-4-5-7-18(17)30-22/h4-7H,8-13H2,1-3H3,(H,23,29). The van der Waals surface area contributed by atoms with Gasteiger partial charge in [0.2, 0.25) is 5.91 Å². The number of hydrogen-bond acceptors (Lipinski definition) is 5. The molecule has 158 valence electrons. The van der Waals surface area contributed by atoms with Crippen molar-refractivity contribution < 1.29 is 19.1 Å². The Morgan fingerprint density at radius 2 is 1.90 bits per heavy atom. The van der Waals surface area contributed by atoms with Crippen molar-refractivity contribution in [2.24, 2.45) is 0 Å². The van der Waals surface area contributed by atoms with Gasteiger partial charge in [0.1, 0.15) is 5.75 Å². The molecule has 3 heterocycles. The summed E-state index contributed by atoms with van der Waals surface area (Å²) in [6.45, 7) is 6.64. The second-order valence-corrected chi connectivity index (χ2v) is 8.00. The first-order chi connectivity index (χ1) is 14.3. The molecule has 0 atom stereocenters. The Hall–Kier alpha value is -3.16. The van der Waals surface area contributed by atoms with Crippen LogP contribution in [0.3, 0.4) is 0 Å². The number of carbonyl (C=O) groups excluding carboxylic acids is 3. The smallest absolute Gasteiger partial charge is 0.258 e. The van der Waals surface area contributed by atoms with E-state index >= 15 is 0 Å². The van der Waals surface area contributed by atoms with E-state index in [-0.39, 0.29) is 17.6 Å². The van der Waals surface area contributed by atoms with Gasteiger partial charge in [0.25, 0.3) is 5.91 Å². The molecule has 2 aliphatic heterocycles. The van der Waals surface area contributed by atoms with E-state index in [4.69, 9.17) is 4.74 Å². The van der Waals surface area contributed by atoms with E-state index in [1.54, 1.807) is 21.7 Å². The van der Waals surface area contributed by atoms with Crippen molar-refractivity contribution in [2.45, 2.75) is 52.3 Å². The van der Waals surface area contributed by atoms with Crippen LogP contribution in [0.1, 0.15) is 58.3 Å². The molecule has 0 unspecified atom stereocenters. The van der Waals surface area contributed by atoms with Crippen LogP contribution in [0.25, 0.3) is 0 Å². The van der Waals surface area contributed by atoms with E-state index in [0.717, 1.165) is 5.69 Å². The summed E-state index contributed by atoms with van der Waals surface area (Å²) in [5.41, 5.74) is 1.90. The summed E-state index contributed by atoms with van der Waals surface area (Å²) in [7, 11) is 0. The van der Waals surface area contributed by atoms with Gasteiger partial charge in [-0.3, -0.25) is 19.1 Å². The minimum Gasteiger partial charge on any atom is -0.467 e. The van der Waals surface area contributed by atoms with Gasteiger partial charge in [-0.15, -0.1) is 0 Å². The molecule has 2 aromatic rings. The third kappa shape index (κ3) is 3.58. The highest BCUT2D eigenvalue weighted by molar-refractivity contribution is 5.98. The molecule has 4 rings (SSSR count). The summed E-state index contributed by atoms with van der Waals surface area (Å²) in [6, 6.07) is 7.20. The van der Waals surface area contributed by atoms with Crippen LogP contribution in [0.15, 0.2) is 24.3 Å². The number of aryl methyl sites for hydroxylation is 2. The van der Waals surface area contributed by atoms with Crippen LogP contribution < -0.4 is 10.1 Å². The molecular weight excluding hydrogens is 384 g/mol. The molecule has 1 fully saturated rings. The number of nitrogens with zero attached hydrogens (tertiary/aromatic N) is 3. The Labute approximate surface area is 175 Å². The van der Waals surface area contributed by atoms with Gasteiger partial charge in [0.05, 0.1) is 16.8 Å². The lowest BCUT2D eigenvalue weighted by atomic mass is 9.96. The fourth-order valence-electron chi connectivity index (χ4n) is 4.38. The molecule has 0 aliphatic carbocycles. The number of carbonyl (C=O) groups is 3. The molecule has 8 nitrogen and oxygen atoms in total. The molecule has 1 saturated heterocycles. The van der Waals surface area contributed by atoms with E-state index in [0.29, 0.717) is 61.5 Å². The summed E-state index contributed by atoms with van der Waals surface area (Å²) in [5, 5.41) is 7.39. The molecular formula is C22H26N4O4. The van der Waals surface area contributed by atoms with Crippen molar-refractivity contribution in [3.05, 3.63) is 46.8 Å². The summed E-state index contributed by atoms with van der Waals surface area (Å²) in [6.07, 6.45) is 1.38. The Morgan fingerprint density at radius 1 is 1.20 bits per heavy atom. The van der Waals surface area contributed by atoms with Crippen LogP contribution in [0.4, 0.5) is 0 Å². The molecule has 2 amide bonds. The normalized spacial score (nSPS) is 17.3. The Bertz CT molecular complexity index is 1020. The first kappa shape index (κ1) is 20.1. The average molecular weight is 410 g/mol. The average Bonchev–Trinajstić information content (AvgIpc) is 3.00. The summed E-state index contributed by atoms with van der Waals surface area (Å²) in [5.74, 6) is 0.471. The molecule has 1 N–H and O–H groups in total. The number of rotatable bonds is 4. The van der Waals surface area contributed by atoms with E-state index < -0.39 is 5.72 Å². The third-order valence-electron chi connectivity index (χ3n) is 5.97. The van der Waals surface area contributed by atoms with Gasteiger partial charge < -0.3 is 15.0 Å².